The van der Waals surface area contributed by atoms with Crippen molar-refractivity contribution in [2.75, 3.05) is 6.54 Å². The molecule has 0 heterocycles. The Labute approximate surface area is 49.6 Å². The van der Waals surface area contributed by atoms with Crippen molar-refractivity contribution in [3.63, 3.8) is 0 Å². The first-order valence-corrected chi connectivity index (χ1v) is 2.68. The smallest absolute Gasteiger partial charge is 0.154 e. The maximum Gasteiger partial charge on any atom is 0.154 e. The number of carbonyl (C=O) groups excluding carboxylic acids is 1. The van der Waals surface area contributed by atoms with Gasteiger partial charge in [-0.15, -0.1) is 0 Å². The molecule has 1 N–H and O–H groups in total. The van der Waals surface area contributed by atoms with Gasteiger partial charge in [-0.25, -0.2) is 0 Å². The summed E-state index contributed by atoms with van der Waals surface area (Å²) >= 11 is 0. The zero-order valence-electron chi connectivity index (χ0n) is 5.27. The molecule has 0 atom stereocenters. The molecule has 0 aliphatic heterocycles. The van der Waals surface area contributed by atoms with Gasteiger partial charge < -0.3 is 5.32 Å². The van der Waals surface area contributed by atoms with Crippen molar-refractivity contribution in [2.24, 2.45) is 0 Å². The van der Waals surface area contributed by atoms with Crippen LogP contribution < -0.4 is 5.32 Å². The molecular weight excluding hydrogens is 102 g/mol. The summed E-state index contributed by atoms with van der Waals surface area (Å²) in [5, 5.41) is 2.88. The molecule has 0 aliphatic carbocycles. The van der Waals surface area contributed by atoms with Gasteiger partial charge in [-0.1, -0.05) is 0 Å². The van der Waals surface area contributed by atoms with Gasteiger partial charge in [0.1, 0.15) is 0 Å². The van der Waals surface area contributed by atoms with Crippen molar-refractivity contribution in [3.8, 4) is 0 Å². The third kappa shape index (κ3) is 5.21. The van der Waals surface area contributed by atoms with E-state index in [1.807, 2.05) is 6.92 Å². The van der Waals surface area contributed by atoms with Crippen LogP contribution in [0.5, 0.6) is 0 Å². The lowest BCUT2D eigenvalue weighted by Gasteiger charge is -1.87. The molecule has 0 aliphatic rings. The number of rotatable bonds is 3. The van der Waals surface area contributed by atoms with Crippen LogP contribution in [0.15, 0.2) is 12.3 Å². The lowest BCUT2D eigenvalue weighted by molar-refractivity contribution is -0.112. The van der Waals surface area contributed by atoms with E-state index in [-0.39, 0.29) is 5.78 Å². The Morgan fingerprint density at radius 2 is 2.38 bits per heavy atom. The van der Waals surface area contributed by atoms with E-state index in [0.717, 1.165) is 6.54 Å². The summed E-state index contributed by atoms with van der Waals surface area (Å²) < 4.78 is 0. The maximum absolute atomic E-state index is 10.2. The monoisotopic (exact) mass is 113 g/mol. The number of ketones is 1. The first-order valence-electron chi connectivity index (χ1n) is 2.68. The van der Waals surface area contributed by atoms with Gasteiger partial charge in [0, 0.05) is 6.54 Å². The van der Waals surface area contributed by atoms with Crippen LogP contribution in [0, 0.1) is 0 Å². The second kappa shape index (κ2) is 4.37. The molecule has 2 nitrogen and oxygen atoms in total. The number of nitrogens with one attached hydrogen (secondary N) is 1. The molecule has 46 valence electrons. The maximum atomic E-state index is 10.2. The Morgan fingerprint density at radius 1 is 1.75 bits per heavy atom. The molecule has 0 amide bonds. The highest BCUT2D eigenvalue weighted by atomic mass is 16.1. The topological polar surface area (TPSA) is 29.1 Å². The van der Waals surface area contributed by atoms with E-state index in [4.69, 9.17) is 0 Å². The fourth-order valence-corrected chi connectivity index (χ4v) is 0.294. The Kier molecular flexibility index (Phi) is 3.94. The highest BCUT2D eigenvalue weighted by Gasteiger charge is 1.76. The van der Waals surface area contributed by atoms with Crippen LogP contribution in [0.25, 0.3) is 0 Å². The summed E-state index contributed by atoms with van der Waals surface area (Å²) in [5.74, 6) is 0.0750. The fourth-order valence-electron chi connectivity index (χ4n) is 0.294. The molecule has 0 aromatic carbocycles. The summed E-state index contributed by atoms with van der Waals surface area (Å²) in [7, 11) is 0. The number of allylic oxidation sites excluding steroid dienone is 1. The van der Waals surface area contributed by atoms with Crippen molar-refractivity contribution in [1.82, 2.24) is 5.32 Å². The first kappa shape index (κ1) is 7.21. The average Bonchev–Trinajstić information content (AvgIpc) is 1.66. The van der Waals surface area contributed by atoms with Gasteiger partial charge in [-0.05, 0) is 26.1 Å². The Balaban J connectivity index is 3.20. The van der Waals surface area contributed by atoms with E-state index < -0.39 is 0 Å². The molecule has 8 heavy (non-hydrogen) atoms. The second-order valence-corrected chi connectivity index (χ2v) is 1.50. The molecule has 0 rings (SSSR count). The predicted molar refractivity (Wildman–Crippen MR) is 33.5 cm³/mol. The SMILES string of the molecule is CCNC=CC(C)=O. The molecule has 2 heteroatoms. The van der Waals surface area contributed by atoms with Gasteiger partial charge in [0.2, 0.25) is 0 Å². The van der Waals surface area contributed by atoms with Gasteiger partial charge in [0.25, 0.3) is 0 Å². The lowest BCUT2D eigenvalue weighted by Crippen LogP contribution is -2.02. The van der Waals surface area contributed by atoms with Crippen LogP contribution >= 0.6 is 0 Å². The molecule has 0 fully saturated rings. The summed E-state index contributed by atoms with van der Waals surface area (Å²) in [6.07, 6.45) is 3.16. The molecule has 0 unspecified atom stereocenters. The fraction of sp³-hybridized carbons (Fsp3) is 0.500. The normalized spacial score (nSPS) is 9.75. The van der Waals surface area contributed by atoms with Gasteiger partial charge in [-0.2, -0.15) is 0 Å². The molecule has 0 spiro atoms. The summed E-state index contributed by atoms with van der Waals surface area (Å²) in [4.78, 5) is 10.2. The highest BCUT2D eigenvalue weighted by molar-refractivity contribution is 5.87. The number of hydrogen-bond acceptors (Lipinski definition) is 2. The van der Waals surface area contributed by atoms with E-state index in [1.165, 1.54) is 13.0 Å². The molecule has 0 saturated carbocycles. The molecule has 0 aromatic rings. The minimum atomic E-state index is 0.0750. The largest absolute Gasteiger partial charge is 0.391 e. The Hall–Kier alpha value is -0.790. The van der Waals surface area contributed by atoms with E-state index >= 15 is 0 Å². The molecule has 0 bridgehead atoms. The first-order chi connectivity index (χ1) is 3.77. The van der Waals surface area contributed by atoms with Crippen molar-refractivity contribution >= 4 is 5.78 Å². The summed E-state index contributed by atoms with van der Waals surface area (Å²) in [6, 6.07) is 0. The van der Waals surface area contributed by atoms with Crippen LogP contribution in [-0.4, -0.2) is 12.3 Å². The zero-order chi connectivity index (χ0) is 6.41. The van der Waals surface area contributed by atoms with Crippen molar-refractivity contribution in [1.29, 1.82) is 0 Å². The van der Waals surface area contributed by atoms with Crippen molar-refractivity contribution in [2.45, 2.75) is 13.8 Å². The van der Waals surface area contributed by atoms with Crippen molar-refractivity contribution in [3.05, 3.63) is 12.3 Å². The number of carbonyl (C=O) groups is 1. The molecule has 0 aromatic heterocycles. The lowest BCUT2D eigenvalue weighted by atomic mass is 10.4. The van der Waals surface area contributed by atoms with Crippen LogP contribution in [0.4, 0.5) is 0 Å². The molecule has 0 radical (unpaired) electrons. The van der Waals surface area contributed by atoms with Gasteiger partial charge in [0.15, 0.2) is 5.78 Å². The highest BCUT2D eigenvalue weighted by Crippen LogP contribution is 1.68. The quantitative estimate of drug-likeness (QED) is 0.546. The third-order valence-corrected chi connectivity index (χ3v) is 0.640. The predicted octanol–water partition coefficient (Wildman–Crippen LogP) is 0.699. The average molecular weight is 113 g/mol. The molecule has 0 saturated heterocycles. The van der Waals surface area contributed by atoms with Crippen LogP contribution in [0.1, 0.15) is 13.8 Å². The van der Waals surface area contributed by atoms with E-state index in [0.29, 0.717) is 0 Å². The van der Waals surface area contributed by atoms with E-state index in [9.17, 15) is 4.79 Å². The van der Waals surface area contributed by atoms with Gasteiger partial charge >= 0.3 is 0 Å². The van der Waals surface area contributed by atoms with Crippen LogP contribution in [-0.2, 0) is 4.79 Å². The summed E-state index contributed by atoms with van der Waals surface area (Å²) in [5.41, 5.74) is 0. The standard InChI is InChI=1S/C6H11NO/c1-3-7-5-4-6(2)8/h4-5,7H,3H2,1-2H3. The van der Waals surface area contributed by atoms with Crippen LogP contribution in [0.3, 0.4) is 0 Å². The van der Waals surface area contributed by atoms with Crippen LogP contribution in [0.2, 0.25) is 0 Å². The van der Waals surface area contributed by atoms with E-state index in [2.05, 4.69) is 5.32 Å². The zero-order valence-corrected chi connectivity index (χ0v) is 5.27. The Bertz CT molecular complexity index is 96.7. The van der Waals surface area contributed by atoms with Crippen molar-refractivity contribution < 1.29 is 4.79 Å². The van der Waals surface area contributed by atoms with Gasteiger partial charge in [-0.3, -0.25) is 4.79 Å². The minimum Gasteiger partial charge on any atom is -0.391 e. The third-order valence-electron chi connectivity index (χ3n) is 0.640. The minimum absolute atomic E-state index is 0.0750. The van der Waals surface area contributed by atoms with Gasteiger partial charge in [0.05, 0.1) is 0 Å². The molecular formula is C6H11NO. The number of hydrogen-bond donors (Lipinski definition) is 1. The van der Waals surface area contributed by atoms with E-state index in [1.54, 1.807) is 6.20 Å². The Morgan fingerprint density at radius 3 is 2.75 bits per heavy atom. The second-order valence-electron chi connectivity index (χ2n) is 1.50. The summed E-state index contributed by atoms with van der Waals surface area (Å²) in [6.45, 7) is 4.36.